The van der Waals surface area contributed by atoms with Crippen LogP contribution in [0.3, 0.4) is 0 Å². The molecule has 0 aromatic carbocycles. The Kier molecular flexibility index (Phi) is 5.80. The van der Waals surface area contributed by atoms with Crippen molar-refractivity contribution in [2.24, 2.45) is 11.8 Å². The normalized spacial score (nSPS) is 24.8. The lowest BCUT2D eigenvalue weighted by molar-refractivity contribution is -0.147. The van der Waals surface area contributed by atoms with Gasteiger partial charge in [-0.1, -0.05) is 12.2 Å². The monoisotopic (exact) mass is 495 g/mol. The molecule has 0 spiro atoms. The molecule has 1 N–H and O–H groups in total. The van der Waals surface area contributed by atoms with Crippen molar-refractivity contribution in [3.8, 4) is 0 Å². The first-order valence-electron chi connectivity index (χ1n) is 12.5. The SMILES string of the molecule is O=C(CN1C(=O)[C@H]2CC=CC[C@H]2C1=O)N1CCN(Cc2nc3sc4c(c3c(=O)[nH]2)CCCC4)CC1. The van der Waals surface area contributed by atoms with Crippen LogP contribution in [-0.4, -0.2) is 75.1 Å². The number of piperazine rings is 1. The number of likely N-dealkylation sites (tertiary alicyclic amines) is 1. The molecule has 2 aromatic rings. The molecule has 2 atom stereocenters. The maximum absolute atomic E-state index is 12.9. The summed E-state index contributed by atoms with van der Waals surface area (Å²) in [5.74, 6) is -0.564. The molecule has 4 heterocycles. The first kappa shape index (κ1) is 22.6. The molecule has 2 saturated heterocycles. The maximum Gasteiger partial charge on any atom is 0.259 e. The van der Waals surface area contributed by atoms with E-state index in [1.54, 1.807) is 16.2 Å². The van der Waals surface area contributed by atoms with Gasteiger partial charge in [-0.3, -0.25) is 29.0 Å². The van der Waals surface area contributed by atoms with Gasteiger partial charge in [-0.25, -0.2) is 4.98 Å². The Morgan fingerprint density at radius 1 is 1.00 bits per heavy atom. The summed E-state index contributed by atoms with van der Waals surface area (Å²) < 4.78 is 0. The average Bonchev–Trinajstić information content (AvgIpc) is 3.36. The van der Waals surface area contributed by atoms with Crippen LogP contribution in [0.25, 0.3) is 10.2 Å². The van der Waals surface area contributed by atoms with Crippen LogP contribution < -0.4 is 5.56 Å². The van der Waals surface area contributed by atoms with Gasteiger partial charge in [0, 0.05) is 31.1 Å². The molecule has 2 aromatic heterocycles. The predicted molar refractivity (Wildman–Crippen MR) is 131 cm³/mol. The minimum atomic E-state index is -0.307. The Morgan fingerprint density at radius 3 is 2.40 bits per heavy atom. The van der Waals surface area contributed by atoms with Crippen LogP contribution in [0.4, 0.5) is 0 Å². The topological polar surface area (TPSA) is 107 Å². The van der Waals surface area contributed by atoms with E-state index in [2.05, 4.69) is 9.88 Å². The lowest BCUT2D eigenvalue weighted by Gasteiger charge is -2.35. The van der Waals surface area contributed by atoms with Gasteiger partial charge in [0.1, 0.15) is 17.2 Å². The van der Waals surface area contributed by atoms with Crippen molar-refractivity contribution in [2.45, 2.75) is 45.1 Å². The highest BCUT2D eigenvalue weighted by Crippen LogP contribution is 2.35. The van der Waals surface area contributed by atoms with E-state index >= 15 is 0 Å². The molecule has 3 amide bonds. The van der Waals surface area contributed by atoms with E-state index < -0.39 is 0 Å². The number of aromatic nitrogens is 2. The lowest BCUT2D eigenvalue weighted by Crippen LogP contribution is -2.51. The molecule has 9 nitrogen and oxygen atoms in total. The van der Waals surface area contributed by atoms with Gasteiger partial charge in [-0.2, -0.15) is 0 Å². The lowest BCUT2D eigenvalue weighted by atomic mass is 9.85. The third-order valence-corrected chi connectivity index (χ3v) is 9.05. The third-order valence-electron chi connectivity index (χ3n) is 7.86. The van der Waals surface area contributed by atoms with Crippen LogP contribution in [0.2, 0.25) is 0 Å². The first-order valence-corrected chi connectivity index (χ1v) is 13.3. The van der Waals surface area contributed by atoms with Crippen LogP contribution in [-0.2, 0) is 33.8 Å². The summed E-state index contributed by atoms with van der Waals surface area (Å²) in [6.45, 7) is 2.68. The van der Waals surface area contributed by atoms with Crippen molar-refractivity contribution in [2.75, 3.05) is 32.7 Å². The Balaban J connectivity index is 1.07. The van der Waals surface area contributed by atoms with E-state index in [0.717, 1.165) is 29.5 Å². The zero-order chi connectivity index (χ0) is 24.1. The fraction of sp³-hybridized carbons (Fsp3) is 0.560. The number of amides is 3. The molecule has 35 heavy (non-hydrogen) atoms. The number of nitrogens with one attached hydrogen (secondary N) is 1. The predicted octanol–water partition coefficient (Wildman–Crippen LogP) is 1.46. The number of carbonyl (C=O) groups is 3. The van der Waals surface area contributed by atoms with Crippen LogP contribution in [0.5, 0.6) is 0 Å². The highest BCUT2D eigenvalue weighted by atomic mass is 32.1. The molecule has 4 aliphatic rings. The number of allylic oxidation sites excluding steroid dienone is 2. The minimum Gasteiger partial charge on any atom is -0.339 e. The summed E-state index contributed by atoms with van der Waals surface area (Å²) in [5, 5.41) is 0.769. The fourth-order valence-electron chi connectivity index (χ4n) is 5.91. The number of hydrogen-bond acceptors (Lipinski definition) is 7. The molecule has 10 heteroatoms. The van der Waals surface area contributed by atoms with Crippen molar-refractivity contribution in [3.63, 3.8) is 0 Å². The van der Waals surface area contributed by atoms with E-state index in [-0.39, 0.29) is 41.7 Å². The average molecular weight is 496 g/mol. The Labute approximate surface area is 206 Å². The van der Waals surface area contributed by atoms with Crippen molar-refractivity contribution < 1.29 is 14.4 Å². The molecular formula is C25H29N5O4S. The van der Waals surface area contributed by atoms with Crippen molar-refractivity contribution in [3.05, 3.63) is 38.8 Å². The molecule has 0 radical (unpaired) electrons. The quantitative estimate of drug-likeness (QED) is 0.509. The second kappa shape index (κ2) is 8.98. The summed E-state index contributed by atoms with van der Waals surface area (Å²) in [5.41, 5.74) is 1.14. The van der Waals surface area contributed by atoms with Crippen LogP contribution in [0.1, 0.15) is 41.9 Å². The molecule has 2 fully saturated rings. The van der Waals surface area contributed by atoms with Crippen molar-refractivity contribution >= 4 is 39.3 Å². The van der Waals surface area contributed by atoms with E-state index in [1.807, 2.05) is 12.2 Å². The summed E-state index contributed by atoms with van der Waals surface area (Å²) >= 11 is 1.65. The number of fused-ring (bicyclic) bond motifs is 4. The van der Waals surface area contributed by atoms with Crippen molar-refractivity contribution in [1.82, 2.24) is 24.7 Å². The number of nitrogens with zero attached hydrogens (tertiary/aromatic N) is 4. The first-order chi connectivity index (χ1) is 17.0. The highest BCUT2D eigenvalue weighted by Gasteiger charge is 2.48. The molecule has 6 rings (SSSR count). The number of imide groups is 1. The molecule has 0 saturated carbocycles. The van der Waals surface area contributed by atoms with Crippen LogP contribution in [0, 0.1) is 11.8 Å². The Bertz CT molecular complexity index is 1260. The van der Waals surface area contributed by atoms with E-state index in [4.69, 9.17) is 4.98 Å². The minimum absolute atomic E-state index is 0.0473. The number of aryl methyl sites for hydroxylation is 2. The molecule has 0 unspecified atom stereocenters. The standard InChI is InChI=1S/C25H29N5O4S/c31-20(14-30-24(33)15-5-1-2-6-16(15)25(30)34)29-11-9-28(10-12-29)13-19-26-22(32)21-17-7-3-4-8-18(17)35-23(21)27-19/h1-2,15-16H,3-14H2,(H,26,27,32)/t15-,16+. The summed E-state index contributed by atoms with van der Waals surface area (Å²) in [4.78, 5) is 66.0. The molecule has 0 bridgehead atoms. The summed E-state index contributed by atoms with van der Waals surface area (Å²) in [6.07, 6.45) is 9.35. The van der Waals surface area contributed by atoms with Crippen LogP contribution >= 0.6 is 11.3 Å². The molecular weight excluding hydrogens is 466 g/mol. The number of thiophene rings is 1. The van der Waals surface area contributed by atoms with Gasteiger partial charge in [0.25, 0.3) is 5.56 Å². The van der Waals surface area contributed by atoms with Gasteiger partial charge in [0.05, 0.1) is 23.8 Å². The number of aromatic amines is 1. The molecule has 184 valence electrons. The van der Waals surface area contributed by atoms with Gasteiger partial charge in [0.2, 0.25) is 17.7 Å². The second-order valence-electron chi connectivity index (χ2n) is 9.98. The van der Waals surface area contributed by atoms with Crippen LogP contribution in [0.15, 0.2) is 16.9 Å². The summed E-state index contributed by atoms with van der Waals surface area (Å²) in [7, 11) is 0. The molecule has 2 aliphatic carbocycles. The van der Waals surface area contributed by atoms with Gasteiger partial charge in [-0.15, -0.1) is 11.3 Å². The van der Waals surface area contributed by atoms with Gasteiger partial charge in [-0.05, 0) is 44.1 Å². The van der Waals surface area contributed by atoms with Gasteiger partial charge in [0.15, 0.2) is 0 Å². The zero-order valence-corrected chi connectivity index (χ0v) is 20.4. The summed E-state index contributed by atoms with van der Waals surface area (Å²) in [6, 6.07) is 0. The zero-order valence-electron chi connectivity index (χ0n) is 19.6. The van der Waals surface area contributed by atoms with Gasteiger partial charge >= 0.3 is 0 Å². The Hall–Kier alpha value is -2.85. The fourth-order valence-corrected chi connectivity index (χ4v) is 7.19. The molecule has 2 aliphatic heterocycles. The smallest absolute Gasteiger partial charge is 0.259 e. The number of rotatable bonds is 4. The number of carbonyl (C=O) groups excluding carboxylic acids is 3. The second-order valence-corrected chi connectivity index (χ2v) is 11.1. The Morgan fingerprint density at radius 2 is 1.69 bits per heavy atom. The van der Waals surface area contributed by atoms with E-state index in [9.17, 15) is 19.2 Å². The van der Waals surface area contributed by atoms with Crippen molar-refractivity contribution in [1.29, 1.82) is 0 Å². The maximum atomic E-state index is 12.9. The van der Waals surface area contributed by atoms with E-state index in [0.29, 0.717) is 51.4 Å². The van der Waals surface area contributed by atoms with E-state index in [1.165, 1.54) is 21.8 Å². The highest BCUT2D eigenvalue weighted by molar-refractivity contribution is 7.18. The van der Waals surface area contributed by atoms with Gasteiger partial charge < -0.3 is 9.88 Å². The third kappa shape index (κ3) is 4.02. The number of H-pyrrole nitrogens is 1. The largest absolute Gasteiger partial charge is 0.339 e. The number of hydrogen-bond donors (Lipinski definition) is 1.